The Hall–Kier alpha value is -1.01. The fraction of sp³-hybridized carbons (Fsp3) is 0.692. The van der Waals surface area contributed by atoms with Crippen molar-refractivity contribution in [2.24, 2.45) is 5.92 Å². The van der Waals surface area contributed by atoms with Crippen LogP contribution in [-0.4, -0.2) is 41.0 Å². The van der Waals surface area contributed by atoms with Crippen molar-refractivity contribution >= 4 is 23.4 Å². The van der Waals surface area contributed by atoms with Crippen LogP contribution in [0.2, 0.25) is 0 Å². The summed E-state index contributed by atoms with van der Waals surface area (Å²) in [5.41, 5.74) is 0. The van der Waals surface area contributed by atoms with Gasteiger partial charge in [0, 0.05) is 19.7 Å². The third-order valence-corrected chi connectivity index (χ3v) is 4.02. The van der Waals surface area contributed by atoms with Gasteiger partial charge in [0.05, 0.1) is 6.10 Å². The quantitative estimate of drug-likeness (QED) is 0.568. The normalized spacial score (nSPS) is 23.1. The lowest BCUT2D eigenvalue weighted by atomic mass is 9.87. The molecule has 1 saturated carbocycles. The van der Waals surface area contributed by atoms with Crippen LogP contribution in [0.1, 0.15) is 25.7 Å². The molecule has 1 aromatic rings. The number of thioether (sulfide) groups is 1. The maximum Gasteiger partial charge on any atom is 0.191 e. The van der Waals surface area contributed by atoms with Gasteiger partial charge in [-0.1, -0.05) is 18.2 Å². The number of anilines is 2. The summed E-state index contributed by atoms with van der Waals surface area (Å²) >= 11 is 1.53. The van der Waals surface area contributed by atoms with Gasteiger partial charge >= 0.3 is 0 Å². The van der Waals surface area contributed by atoms with Crippen molar-refractivity contribution < 1.29 is 5.11 Å². The third-order valence-electron chi connectivity index (χ3n) is 3.47. The number of aromatic nitrogens is 2. The lowest BCUT2D eigenvalue weighted by Crippen LogP contribution is -2.25. The first-order chi connectivity index (χ1) is 9.21. The number of aliphatic hydroxyl groups is 1. The van der Waals surface area contributed by atoms with Crippen molar-refractivity contribution in [3.05, 3.63) is 6.07 Å². The van der Waals surface area contributed by atoms with Gasteiger partial charge in [-0.05, 0) is 31.4 Å². The van der Waals surface area contributed by atoms with Crippen LogP contribution in [0.3, 0.4) is 0 Å². The average molecular weight is 282 g/mol. The summed E-state index contributed by atoms with van der Waals surface area (Å²) in [6, 6.07) is 1.92. The van der Waals surface area contributed by atoms with E-state index in [1.54, 1.807) is 0 Å². The van der Waals surface area contributed by atoms with Crippen LogP contribution in [0.5, 0.6) is 0 Å². The second kappa shape index (κ2) is 6.96. The van der Waals surface area contributed by atoms with E-state index >= 15 is 0 Å². The molecule has 0 amide bonds. The minimum Gasteiger partial charge on any atom is -0.393 e. The molecule has 3 N–H and O–H groups in total. The van der Waals surface area contributed by atoms with Crippen LogP contribution in [0.25, 0.3) is 0 Å². The van der Waals surface area contributed by atoms with Gasteiger partial charge in [0.1, 0.15) is 11.6 Å². The monoisotopic (exact) mass is 282 g/mol. The van der Waals surface area contributed by atoms with Gasteiger partial charge in [0.25, 0.3) is 0 Å². The molecule has 6 heteroatoms. The zero-order valence-electron chi connectivity index (χ0n) is 11.5. The molecular weight excluding hydrogens is 260 g/mol. The van der Waals surface area contributed by atoms with Gasteiger partial charge in [0.15, 0.2) is 5.16 Å². The van der Waals surface area contributed by atoms with E-state index in [-0.39, 0.29) is 6.10 Å². The molecule has 19 heavy (non-hydrogen) atoms. The summed E-state index contributed by atoms with van der Waals surface area (Å²) in [7, 11) is 1.85. The fourth-order valence-electron chi connectivity index (χ4n) is 2.43. The molecule has 0 spiro atoms. The minimum atomic E-state index is -0.124. The zero-order chi connectivity index (χ0) is 13.7. The second-order valence-corrected chi connectivity index (χ2v) is 5.72. The Bertz CT molecular complexity index is 393. The van der Waals surface area contributed by atoms with E-state index in [0.717, 1.165) is 42.6 Å². The van der Waals surface area contributed by atoms with Crippen LogP contribution in [0, 0.1) is 5.92 Å². The lowest BCUT2D eigenvalue weighted by Gasteiger charge is -2.26. The highest BCUT2D eigenvalue weighted by Crippen LogP contribution is 2.25. The summed E-state index contributed by atoms with van der Waals surface area (Å²) in [5, 5.41) is 16.8. The second-order valence-electron chi connectivity index (χ2n) is 4.94. The van der Waals surface area contributed by atoms with Crippen LogP contribution >= 0.6 is 11.8 Å². The first kappa shape index (κ1) is 14.4. The SMILES string of the molecule is CNc1cc(NCC2CCCC(O)C2)nc(SC)n1. The Balaban J connectivity index is 1.94. The van der Waals surface area contributed by atoms with Gasteiger partial charge in [-0.15, -0.1) is 0 Å². The van der Waals surface area contributed by atoms with E-state index in [0.29, 0.717) is 5.92 Å². The highest BCUT2D eigenvalue weighted by atomic mass is 32.2. The summed E-state index contributed by atoms with van der Waals surface area (Å²) in [6.45, 7) is 0.866. The standard InChI is InChI=1S/C13H22N4OS/c1-14-11-7-12(17-13(16-11)19-2)15-8-9-4-3-5-10(18)6-9/h7,9-10,18H,3-6,8H2,1-2H3,(H2,14,15,16,17). The number of aliphatic hydroxyl groups excluding tert-OH is 1. The fourth-order valence-corrected chi connectivity index (χ4v) is 2.81. The van der Waals surface area contributed by atoms with Crippen LogP contribution in [0.15, 0.2) is 11.2 Å². The van der Waals surface area contributed by atoms with E-state index in [2.05, 4.69) is 20.6 Å². The number of rotatable bonds is 5. The third kappa shape index (κ3) is 4.24. The molecule has 106 valence electrons. The molecule has 1 aliphatic rings. The molecule has 0 aliphatic heterocycles. The van der Waals surface area contributed by atoms with Crippen molar-refractivity contribution in [2.45, 2.75) is 36.9 Å². The summed E-state index contributed by atoms with van der Waals surface area (Å²) < 4.78 is 0. The van der Waals surface area contributed by atoms with Crippen LogP contribution < -0.4 is 10.6 Å². The number of nitrogens with one attached hydrogen (secondary N) is 2. The summed E-state index contributed by atoms with van der Waals surface area (Å²) in [5.74, 6) is 2.21. The molecule has 0 bridgehead atoms. The average Bonchev–Trinajstić information content (AvgIpc) is 2.44. The van der Waals surface area contributed by atoms with Crippen molar-refractivity contribution in [1.29, 1.82) is 0 Å². The smallest absolute Gasteiger partial charge is 0.191 e. The maximum atomic E-state index is 9.67. The van der Waals surface area contributed by atoms with Gasteiger partial charge in [-0.25, -0.2) is 9.97 Å². The Kier molecular flexibility index (Phi) is 5.27. The Morgan fingerprint density at radius 1 is 1.37 bits per heavy atom. The van der Waals surface area contributed by atoms with Gasteiger partial charge in [-0.3, -0.25) is 0 Å². The Morgan fingerprint density at radius 3 is 2.84 bits per heavy atom. The Labute approximate surface area is 118 Å². The highest BCUT2D eigenvalue weighted by Gasteiger charge is 2.20. The molecule has 1 heterocycles. The largest absolute Gasteiger partial charge is 0.393 e. The van der Waals surface area contributed by atoms with Crippen molar-refractivity contribution in [3.63, 3.8) is 0 Å². The van der Waals surface area contributed by atoms with Crippen molar-refractivity contribution in [3.8, 4) is 0 Å². The first-order valence-electron chi connectivity index (χ1n) is 6.74. The minimum absolute atomic E-state index is 0.124. The molecule has 1 aliphatic carbocycles. The molecule has 0 radical (unpaired) electrons. The van der Waals surface area contributed by atoms with Gasteiger partial charge < -0.3 is 15.7 Å². The van der Waals surface area contributed by atoms with E-state index in [1.807, 2.05) is 19.4 Å². The molecule has 0 aromatic carbocycles. The lowest BCUT2D eigenvalue weighted by molar-refractivity contribution is 0.104. The topological polar surface area (TPSA) is 70.1 Å². The molecule has 2 rings (SSSR count). The van der Waals surface area contributed by atoms with Gasteiger partial charge in [-0.2, -0.15) is 0 Å². The van der Waals surface area contributed by atoms with Gasteiger partial charge in [0.2, 0.25) is 0 Å². The number of nitrogens with zero attached hydrogens (tertiary/aromatic N) is 2. The highest BCUT2D eigenvalue weighted by molar-refractivity contribution is 7.98. The van der Waals surface area contributed by atoms with E-state index in [1.165, 1.54) is 18.2 Å². The van der Waals surface area contributed by atoms with E-state index in [4.69, 9.17) is 0 Å². The molecule has 2 atom stereocenters. The number of hydrogen-bond acceptors (Lipinski definition) is 6. The molecular formula is C13H22N4OS. The molecule has 0 saturated heterocycles. The predicted molar refractivity (Wildman–Crippen MR) is 79.8 cm³/mol. The Morgan fingerprint density at radius 2 is 2.16 bits per heavy atom. The molecule has 2 unspecified atom stereocenters. The molecule has 1 fully saturated rings. The zero-order valence-corrected chi connectivity index (χ0v) is 12.3. The molecule has 5 nitrogen and oxygen atoms in total. The number of hydrogen-bond donors (Lipinski definition) is 3. The van der Waals surface area contributed by atoms with Crippen molar-refractivity contribution in [2.75, 3.05) is 30.5 Å². The maximum absolute atomic E-state index is 9.67. The summed E-state index contributed by atoms with van der Waals surface area (Å²) in [4.78, 5) is 8.78. The van der Waals surface area contributed by atoms with E-state index in [9.17, 15) is 5.11 Å². The predicted octanol–water partition coefficient (Wildman–Crippen LogP) is 2.20. The van der Waals surface area contributed by atoms with E-state index < -0.39 is 0 Å². The first-order valence-corrected chi connectivity index (χ1v) is 7.96. The molecule has 1 aromatic heterocycles. The van der Waals surface area contributed by atoms with Crippen LogP contribution in [-0.2, 0) is 0 Å². The van der Waals surface area contributed by atoms with Crippen molar-refractivity contribution in [1.82, 2.24) is 9.97 Å². The summed E-state index contributed by atoms with van der Waals surface area (Å²) in [6.07, 6.45) is 5.99. The van der Waals surface area contributed by atoms with Crippen LogP contribution in [0.4, 0.5) is 11.6 Å².